The summed E-state index contributed by atoms with van der Waals surface area (Å²) in [6.45, 7) is -0.144. The number of methoxy groups -OCH3 is 1. The minimum Gasteiger partial charge on any atom is -0.497 e. The zero-order valence-corrected chi connectivity index (χ0v) is 9.95. The monoisotopic (exact) mass is 262 g/mol. The number of carbonyl (C=O) groups is 1. The summed E-state index contributed by atoms with van der Waals surface area (Å²) in [5.41, 5.74) is 0.283. The molecule has 0 spiro atoms. The van der Waals surface area contributed by atoms with Gasteiger partial charge >= 0.3 is 6.18 Å². The van der Waals surface area contributed by atoms with Gasteiger partial charge in [-0.3, -0.25) is 4.79 Å². The summed E-state index contributed by atoms with van der Waals surface area (Å²) in [7, 11) is 1.48. The Bertz CT molecular complexity index is 398. The van der Waals surface area contributed by atoms with Crippen molar-refractivity contribution >= 4 is 5.78 Å². The van der Waals surface area contributed by atoms with Crippen LogP contribution >= 0.6 is 0 Å². The fourth-order valence-corrected chi connectivity index (χ4v) is 1.29. The van der Waals surface area contributed by atoms with Gasteiger partial charge in [-0.25, -0.2) is 0 Å². The van der Waals surface area contributed by atoms with Crippen molar-refractivity contribution in [2.45, 2.75) is 19.2 Å². The van der Waals surface area contributed by atoms with Crippen LogP contribution < -0.4 is 4.74 Å². The van der Waals surface area contributed by atoms with Crippen LogP contribution in [0.15, 0.2) is 24.3 Å². The molecule has 0 aliphatic rings. The summed E-state index contributed by atoms with van der Waals surface area (Å²) in [4.78, 5) is 11.7. The van der Waals surface area contributed by atoms with E-state index in [0.717, 1.165) is 0 Å². The van der Waals surface area contributed by atoms with Gasteiger partial charge in [0, 0.05) is 5.56 Å². The molecule has 0 bridgehead atoms. The van der Waals surface area contributed by atoms with Gasteiger partial charge in [0.2, 0.25) is 0 Å². The lowest BCUT2D eigenvalue weighted by Gasteiger charge is -2.13. The second kappa shape index (κ2) is 5.86. The number of Topliss-reactive ketones (excluding diaryl/α,β-unsaturated/α-hetero) is 1. The first-order valence-electron chi connectivity index (χ1n) is 5.20. The Hall–Kier alpha value is -1.56. The van der Waals surface area contributed by atoms with Crippen molar-refractivity contribution in [3.05, 3.63) is 29.8 Å². The number of carbonyl (C=O) groups excluding carboxylic acids is 1. The molecule has 0 fully saturated rings. The molecule has 0 N–H and O–H groups in total. The SMILES string of the molecule is COc1ccc(C(=O)C(C)OCC(F)(F)F)cc1. The van der Waals surface area contributed by atoms with Gasteiger partial charge in [-0.2, -0.15) is 13.2 Å². The highest BCUT2D eigenvalue weighted by atomic mass is 19.4. The van der Waals surface area contributed by atoms with Crippen molar-refractivity contribution in [2.75, 3.05) is 13.7 Å². The molecule has 0 aliphatic carbocycles. The Morgan fingerprint density at radius 2 is 1.83 bits per heavy atom. The van der Waals surface area contributed by atoms with Crippen molar-refractivity contribution in [1.82, 2.24) is 0 Å². The van der Waals surface area contributed by atoms with Gasteiger partial charge < -0.3 is 9.47 Å². The van der Waals surface area contributed by atoms with Crippen LogP contribution in [-0.4, -0.2) is 31.8 Å². The van der Waals surface area contributed by atoms with E-state index in [1.165, 1.54) is 26.2 Å². The van der Waals surface area contributed by atoms with E-state index in [1.54, 1.807) is 12.1 Å². The second-order valence-electron chi connectivity index (χ2n) is 3.66. The maximum absolute atomic E-state index is 11.9. The van der Waals surface area contributed by atoms with E-state index >= 15 is 0 Å². The Kier molecular flexibility index (Phi) is 4.72. The topological polar surface area (TPSA) is 35.5 Å². The lowest BCUT2D eigenvalue weighted by Crippen LogP contribution is -2.27. The third-order valence-electron chi connectivity index (χ3n) is 2.24. The third kappa shape index (κ3) is 4.37. The standard InChI is InChI=1S/C12H13F3O3/c1-8(18-7-12(13,14)15)11(16)9-3-5-10(17-2)6-4-9/h3-6,8H,7H2,1-2H3. The van der Waals surface area contributed by atoms with Gasteiger partial charge in [0.05, 0.1) is 7.11 Å². The molecule has 0 aromatic heterocycles. The van der Waals surface area contributed by atoms with Crippen LogP contribution in [0.3, 0.4) is 0 Å². The first-order chi connectivity index (χ1) is 8.33. The van der Waals surface area contributed by atoms with Crippen LogP contribution in [0.1, 0.15) is 17.3 Å². The van der Waals surface area contributed by atoms with E-state index in [9.17, 15) is 18.0 Å². The molecular formula is C12H13F3O3. The lowest BCUT2D eigenvalue weighted by atomic mass is 10.1. The normalized spacial score (nSPS) is 13.2. The van der Waals surface area contributed by atoms with Crippen molar-refractivity contribution in [3.8, 4) is 5.75 Å². The molecule has 1 aromatic rings. The van der Waals surface area contributed by atoms with Crippen molar-refractivity contribution in [1.29, 1.82) is 0 Å². The molecule has 0 saturated carbocycles. The summed E-state index contributed by atoms with van der Waals surface area (Å²) < 4.78 is 45.2. The average Bonchev–Trinajstić information content (AvgIpc) is 2.34. The first-order valence-corrected chi connectivity index (χ1v) is 5.20. The van der Waals surface area contributed by atoms with Gasteiger partial charge in [-0.05, 0) is 31.2 Å². The lowest BCUT2D eigenvalue weighted by molar-refractivity contribution is -0.179. The number of hydrogen-bond donors (Lipinski definition) is 0. The zero-order chi connectivity index (χ0) is 13.8. The van der Waals surface area contributed by atoms with E-state index in [1.807, 2.05) is 0 Å². The Labute approximate surface area is 103 Å². The van der Waals surface area contributed by atoms with Crippen LogP contribution in [0.2, 0.25) is 0 Å². The van der Waals surface area contributed by atoms with Crippen molar-refractivity contribution < 1.29 is 27.4 Å². The van der Waals surface area contributed by atoms with E-state index in [-0.39, 0.29) is 5.56 Å². The van der Waals surface area contributed by atoms with Gasteiger partial charge in [0.25, 0.3) is 0 Å². The number of hydrogen-bond acceptors (Lipinski definition) is 3. The molecule has 0 heterocycles. The highest BCUT2D eigenvalue weighted by Crippen LogP contribution is 2.17. The largest absolute Gasteiger partial charge is 0.497 e. The van der Waals surface area contributed by atoms with E-state index in [0.29, 0.717) is 5.75 Å². The summed E-state index contributed by atoms with van der Waals surface area (Å²) in [5, 5.41) is 0. The van der Waals surface area contributed by atoms with Gasteiger partial charge in [-0.15, -0.1) is 0 Å². The quantitative estimate of drug-likeness (QED) is 0.765. The van der Waals surface area contributed by atoms with Gasteiger partial charge in [0.15, 0.2) is 5.78 Å². The Morgan fingerprint density at radius 3 is 2.28 bits per heavy atom. The molecule has 0 radical (unpaired) electrons. The van der Waals surface area contributed by atoms with E-state index in [2.05, 4.69) is 4.74 Å². The highest BCUT2D eigenvalue weighted by Gasteiger charge is 2.30. The average molecular weight is 262 g/mol. The van der Waals surface area contributed by atoms with Crippen LogP contribution in [0.5, 0.6) is 5.75 Å². The molecule has 0 saturated heterocycles. The summed E-state index contributed by atoms with van der Waals surface area (Å²) in [6, 6.07) is 6.08. The molecule has 1 atom stereocenters. The fourth-order valence-electron chi connectivity index (χ4n) is 1.29. The number of rotatable bonds is 5. The Morgan fingerprint density at radius 1 is 1.28 bits per heavy atom. The predicted octanol–water partition coefficient (Wildman–Crippen LogP) is 2.85. The predicted molar refractivity (Wildman–Crippen MR) is 58.8 cm³/mol. The Balaban J connectivity index is 2.62. The molecule has 1 unspecified atom stereocenters. The maximum Gasteiger partial charge on any atom is 0.411 e. The molecule has 0 aliphatic heterocycles. The van der Waals surface area contributed by atoms with Crippen LogP contribution in [-0.2, 0) is 4.74 Å². The minimum absolute atomic E-state index is 0.283. The molecule has 6 heteroatoms. The first kappa shape index (κ1) is 14.5. The number of ketones is 1. The summed E-state index contributed by atoms with van der Waals surface area (Å²) in [5.74, 6) is 0.0670. The fraction of sp³-hybridized carbons (Fsp3) is 0.417. The van der Waals surface area contributed by atoms with Crippen LogP contribution in [0.25, 0.3) is 0 Å². The second-order valence-corrected chi connectivity index (χ2v) is 3.66. The van der Waals surface area contributed by atoms with E-state index in [4.69, 9.17) is 4.74 Å². The summed E-state index contributed by atoms with van der Waals surface area (Å²) >= 11 is 0. The smallest absolute Gasteiger partial charge is 0.411 e. The molecule has 18 heavy (non-hydrogen) atoms. The van der Waals surface area contributed by atoms with Crippen molar-refractivity contribution in [3.63, 3.8) is 0 Å². The summed E-state index contributed by atoms with van der Waals surface area (Å²) in [6.07, 6.45) is -5.57. The molecule has 1 rings (SSSR count). The molecule has 100 valence electrons. The number of alkyl halides is 3. The highest BCUT2D eigenvalue weighted by molar-refractivity contribution is 5.99. The van der Waals surface area contributed by atoms with Crippen molar-refractivity contribution in [2.24, 2.45) is 0 Å². The number of benzene rings is 1. The van der Waals surface area contributed by atoms with Crippen LogP contribution in [0.4, 0.5) is 13.2 Å². The minimum atomic E-state index is -4.44. The zero-order valence-electron chi connectivity index (χ0n) is 9.95. The molecule has 3 nitrogen and oxygen atoms in total. The molecule has 0 amide bonds. The third-order valence-corrected chi connectivity index (χ3v) is 2.24. The van der Waals surface area contributed by atoms with Gasteiger partial charge in [0.1, 0.15) is 18.5 Å². The molecular weight excluding hydrogens is 249 g/mol. The molecule has 1 aromatic carbocycles. The number of halogens is 3. The van der Waals surface area contributed by atoms with Crippen LogP contribution in [0, 0.1) is 0 Å². The van der Waals surface area contributed by atoms with E-state index < -0.39 is 24.7 Å². The van der Waals surface area contributed by atoms with Gasteiger partial charge in [-0.1, -0.05) is 0 Å². The number of ether oxygens (including phenoxy) is 2. The maximum atomic E-state index is 11.9.